The fraction of sp³-hybridized carbons (Fsp3) is 0.765. The molecule has 0 saturated heterocycles. The second kappa shape index (κ2) is 20.0. The number of quaternary nitrogens is 1. The number of halogens is 17. The Kier molecular flexibility index (Phi) is 18.4. The summed E-state index contributed by atoms with van der Waals surface area (Å²) in [6.07, 6.45) is -2.26. The van der Waals surface area contributed by atoms with E-state index in [2.05, 4.69) is 6.92 Å². The van der Waals surface area contributed by atoms with Crippen LogP contribution in [0, 0.1) is 0 Å². The van der Waals surface area contributed by atoms with Crippen LogP contribution in [0.1, 0.15) is 89.5 Å². The Labute approximate surface area is 316 Å². The van der Waals surface area contributed by atoms with Crippen molar-refractivity contribution in [3.05, 3.63) is 35.9 Å². The van der Waals surface area contributed by atoms with E-state index in [1.165, 1.54) is 0 Å². The van der Waals surface area contributed by atoms with E-state index in [4.69, 9.17) is 0 Å². The van der Waals surface area contributed by atoms with Gasteiger partial charge in [-0.25, -0.2) is 0 Å². The van der Waals surface area contributed by atoms with Gasteiger partial charge in [-0.05, 0) is 12.8 Å². The Morgan fingerprint density at radius 2 is 1.02 bits per heavy atom. The summed E-state index contributed by atoms with van der Waals surface area (Å²) in [6, 6.07) is 8.03. The van der Waals surface area contributed by atoms with Crippen LogP contribution >= 0.6 is 11.8 Å². The Morgan fingerprint density at radius 3 is 1.46 bits per heavy atom. The number of aliphatic carboxylic acids is 1. The van der Waals surface area contributed by atoms with E-state index < -0.39 is 83.9 Å². The molecule has 0 saturated carbocycles. The molecule has 0 amide bonds. The van der Waals surface area contributed by atoms with Gasteiger partial charge in [-0.3, -0.25) is 4.79 Å². The van der Waals surface area contributed by atoms with Crippen LogP contribution in [0.4, 0.5) is 74.6 Å². The lowest BCUT2D eigenvalue weighted by molar-refractivity contribution is -0.933. The molecule has 1 aromatic rings. The maximum atomic E-state index is 14.5. The Hall–Kier alpha value is -2.52. The van der Waals surface area contributed by atoms with Crippen molar-refractivity contribution in [2.24, 2.45) is 0 Å². The predicted octanol–water partition coefficient (Wildman–Crippen LogP) is 10.7. The molecule has 0 heterocycles. The normalized spacial score (nSPS) is 15.2. The maximum absolute atomic E-state index is 14.5. The van der Waals surface area contributed by atoms with Crippen molar-refractivity contribution < 1.29 is 93.8 Å². The van der Waals surface area contributed by atoms with Crippen LogP contribution in [-0.2, 0) is 16.1 Å². The molecule has 0 radical (unpaired) electrons. The molecule has 0 aliphatic heterocycles. The van der Waals surface area contributed by atoms with Crippen molar-refractivity contribution in [2.45, 2.75) is 138 Å². The summed E-state index contributed by atoms with van der Waals surface area (Å²) in [5, 5.41) is 10.3. The van der Waals surface area contributed by atoms with E-state index in [-0.39, 0.29) is 35.9 Å². The summed E-state index contributed by atoms with van der Waals surface area (Å²) in [7, 11) is 0. The van der Waals surface area contributed by atoms with Gasteiger partial charge in [0.1, 0.15) is 13.1 Å². The third-order valence-corrected chi connectivity index (χ3v) is 9.93. The van der Waals surface area contributed by atoms with Gasteiger partial charge in [-0.1, -0.05) is 100 Å². The number of carboxylic acid groups (broad SMARTS) is 1. The van der Waals surface area contributed by atoms with Gasteiger partial charge < -0.3 is 14.4 Å². The fourth-order valence-electron chi connectivity index (χ4n) is 5.68. The van der Waals surface area contributed by atoms with Crippen molar-refractivity contribution in [3.8, 4) is 0 Å². The topological polar surface area (TPSA) is 57.2 Å². The molecule has 0 spiro atoms. The maximum Gasteiger partial charge on any atom is 0.460 e. The van der Waals surface area contributed by atoms with Crippen LogP contribution in [0.3, 0.4) is 0 Å². The van der Waals surface area contributed by atoms with E-state index in [0.717, 1.165) is 51.4 Å². The quantitative estimate of drug-likeness (QED) is 0.0502. The van der Waals surface area contributed by atoms with Crippen LogP contribution in [0.2, 0.25) is 0 Å². The van der Waals surface area contributed by atoms with Gasteiger partial charge in [0, 0.05) is 30.1 Å². The second-order valence-electron chi connectivity index (χ2n) is 13.5. The Morgan fingerprint density at radius 1 is 0.589 bits per heavy atom. The fourth-order valence-corrected chi connectivity index (χ4v) is 6.63. The number of carboxylic acids is 1. The zero-order valence-electron chi connectivity index (χ0n) is 29.9. The molecular formula is C34H42F17NO3S. The molecule has 56 heavy (non-hydrogen) atoms. The summed E-state index contributed by atoms with van der Waals surface area (Å²) in [5.74, 6) is -60.3. The van der Waals surface area contributed by atoms with Gasteiger partial charge >= 0.3 is 47.6 Å². The number of thioether (sulfide) groups is 1. The number of unbranched alkanes of at least 4 members (excludes halogenated alkanes) is 9. The molecule has 1 rings (SSSR count). The lowest BCUT2D eigenvalue weighted by atomic mass is 9.88. The van der Waals surface area contributed by atoms with Crippen LogP contribution < -0.4 is 5.11 Å². The summed E-state index contributed by atoms with van der Waals surface area (Å²) in [5.41, 5.74) is 0.556. The van der Waals surface area contributed by atoms with Crippen LogP contribution in [0.25, 0.3) is 0 Å². The molecule has 0 aromatic heterocycles. The van der Waals surface area contributed by atoms with Gasteiger partial charge in [0.05, 0.1) is 13.1 Å². The number of carbonyl (C=O) groups is 2. The van der Waals surface area contributed by atoms with Gasteiger partial charge in [0.25, 0.3) is 0 Å². The molecule has 1 atom stereocenters. The summed E-state index contributed by atoms with van der Waals surface area (Å²) < 4.78 is 231. The van der Waals surface area contributed by atoms with Gasteiger partial charge in [0.15, 0.2) is 0 Å². The first-order chi connectivity index (χ1) is 25.4. The summed E-state index contributed by atoms with van der Waals surface area (Å²) in [6.45, 7) is 1.15. The monoisotopic (exact) mass is 867 g/mol. The SMILES string of the molecule is CCCCCCCCCCCC[N+](CCC(=O)[O-])(CC(=O)SCCC(F)(F)C(F)(F)C(F)(F)C(F)(F)C(F)(F)C(F)(F)C(F)(F)C(F)(F)F)Cc1ccccc1. The van der Waals surface area contributed by atoms with E-state index in [1.807, 2.05) is 0 Å². The Bertz CT molecular complexity index is 1380. The van der Waals surface area contributed by atoms with Crippen LogP contribution in [-0.4, -0.2) is 88.6 Å². The highest BCUT2D eigenvalue weighted by Gasteiger charge is 2.95. The first-order valence-electron chi connectivity index (χ1n) is 17.4. The van der Waals surface area contributed by atoms with E-state index in [1.54, 1.807) is 30.3 Å². The molecule has 1 unspecified atom stereocenters. The molecule has 4 nitrogen and oxygen atoms in total. The zero-order valence-corrected chi connectivity index (χ0v) is 30.7. The number of rotatable bonds is 27. The van der Waals surface area contributed by atoms with Gasteiger partial charge in [-0.2, -0.15) is 74.6 Å². The smallest absolute Gasteiger partial charge is 0.460 e. The lowest BCUT2D eigenvalue weighted by Gasteiger charge is -2.42. The standard InChI is InChI=1S/C34H42F17NO3S/c1-2-3-4-5-6-7-8-9-10-14-19-52(20-17-25(53)54,22-24-15-12-11-13-16-24)23-26(55)56-21-18-27(35,36)28(37,38)29(39,40)30(41,42)31(43,44)32(45,46)33(47,48)34(49,50)51/h11-13,15-16H,2-10,14,17-23H2,1H3. The van der Waals surface area contributed by atoms with E-state index in [9.17, 15) is 89.3 Å². The number of benzene rings is 1. The number of alkyl halides is 17. The van der Waals surface area contributed by atoms with Crippen molar-refractivity contribution >= 4 is 22.8 Å². The first-order valence-corrected chi connectivity index (χ1v) is 18.4. The molecular weight excluding hydrogens is 825 g/mol. The van der Waals surface area contributed by atoms with Gasteiger partial charge in [-0.15, -0.1) is 0 Å². The molecule has 22 heteroatoms. The molecule has 0 fully saturated rings. The van der Waals surface area contributed by atoms with Gasteiger partial charge in [0.2, 0.25) is 5.12 Å². The molecule has 0 N–H and O–H groups in total. The minimum Gasteiger partial charge on any atom is -0.550 e. The third kappa shape index (κ3) is 12.0. The van der Waals surface area contributed by atoms with Crippen molar-refractivity contribution in [1.82, 2.24) is 0 Å². The molecule has 1 aromatic carbocycles. The van der Waals surface area contributed by atoms with Crippen LogP contribution in [0.15, 0.2) is 30.3 Å². The van der Waals surface area contributed by atoms with Crippen molar-refractivity contribution in [2.75, 3.05) is 25.4 Å². The molecule has 0 aliphatic rings. The average molecular weight is 868 g/mol. The van der Waals surface area contributed by atoms with E-state index in [0.29, 0.717) is 18.4 Å². The number of nitrogens with zero attached hydrogens (tertiary/aromatic N) is 1. The lowest BCUT2D eigenvalue weighted by Crippen LogP contribution is -2.74. The van der Waals surface area contributed by atoms with Crippen molar-refractivity contribution in [3.63, 3.8) is 0 Å². The summed E-state index contributed by atoms with van der Waals surface area (Å²) >= 11 is -0.272. The second-order valence-corrected chi connectivity index (χ2v) is 14.7. The number of carbonyl (C=O) groups excluding carboxylic acids is 2. The molecule has 326 valence electrons. The zero-order chi connectivity index (χ0) is 43.5. The highest BCUT2D eigenvalue weighted by molar-refractivity contribution is 8.13. The largest absolute Gasteiger partial charge is 0.550 e. The van der Waals surface area contributed by atoms with Crippen molar-refractivity contribution in [1.29, 1.82) is 0 Å². The number of hydrogen-bond acceptors (Lipinski definition) is 4. The third-order valence-electron chi connectivity index (χ3n) is 9.07. The summed E-state index contributed by atoms with van der Waals surface area (Å²) in [4.78, 5) is 24.4. The molecule has 0 aliphatic carbocycles. The van der Waals surface area contributed by atoms with E-state index >= 15 is 0 Å². The van der Waals surface area contributed by atoms with Crippen LogP contribution in [0.5, 0.6) is 0 Å². The Balaban J connectivity index is 3.22. The predicted molar refractivity (Wildman–Crippen MR) is 169 cm³/mol. The molecule has 0 bridgehead atoms. The highest BCUT2D eigenvalue weighted by atomic mass is 32.2. The number of hydrogen-bond donors (Lipinski definition) is 0. The minimum absolute atomic E-state index is 0.0420. The average Bonchev–Trinajstić information content (AvgIpc) is 3.07. The minimum atomic E-state index is -8.72. The first kappa shape index (κ1) is 51.5. The highest BCUT2D eigenvalue weighted by Crippen LogP contribution is 2.64.